The minimum atomic E-state index is -0.444. The van der Waals surface area contributed by atoms with Gasteiger partial charge in [0.25, 0.3) is 5.91 Å². The van der Waals surface area contributed by atoms with Crippen molar-refractivity contribution in [1.29, 1.82) is 5.41 Å². The van der Waals surface area contributed by atoms with Crippen LogP contribution < -0.4 is 4.74 Å². The van der Waals surface area contributed by atoms with E-state index in [0.29, 0.717) is 16.8 Å². The van der Waals surface area contributed by atoms with Gasteiger partial charge >= 0.3 is 0 Å². The molecule has 0 radical (unpaired) electrons. The summed E-state index contributed by atoms with van der Waals surface area (Å²) in [6, 6.07) is 17.9. The summed E-state index contributed by atoms with van der Waals surface area (Å²) in [4.78, 5) is 21.4. The number of thioether (sulfide) groups is 1. The fraction of sp³-hybridized carbons (Fsp3) is 0.167. The summed E-state index contributed by atoms with van der Waals surface area (Å²) in [6.45, 7) is 5.52. The van der Waals surface area contributed by atoms with Crippen LogP contribution in [0.5, 0.6) is 5.75 Å². The fourth-order valence-corrected chi connectivity index (χ4v) is 5.44. The topological polar surface area (TPSA) is 95.9 Å². The van der Waals surface area contributed by atoms with Crippen LogP contribution >= 0.6 is 11.8 Å². The summed E-state index contributed by atoms with van der Waals surface area (Å²) in [7, 11) is 0. The van der Waals surface area contributed by atoms with Crippen molar-refractivity contribution in [3.05, 3.63) is 101 Å². The zero-order valence-corrected chi connectivity index (χ0v) is 22.4. The van der Waals surface area contributed by atoms with Crippen LogP contribution in [0.2, 0.25) is 0 Å². The molecule has 2 aliphatic rings. The third kappa shape index (κ3) is 4.88. The Hall–Kier alpha value is -4.50. The number of hydrazone groups is 1. The summed E-state index contributed by atoms with van der Waals surface area (Å²) in [6.07, 6.45) is 7.99. The lowest BCUT2D eigenvalue weighted by Gasteiger charge is -2.20. The zero-order valence-electron chi connectivity index (χ0n) is 21.6. The number of pyridine rings is 1. The van der Waals surface area contributed by atoms with Gasteiger partial charge in [0, 0.05) is 47.2 Å². The third-order valence-electron chi connectivity index (χ3n) is 6.77. The highest BCUT2D eigenvalue weighted by atomic mass is 32.2. The second-order valence-electron chi connectivity index (χ2n) is 9.41. The number of hydrogen-bond donors (Lipinski definition) is 1. The summed E-state index contributed by atoms with van der Waals surface area (Å²) < 4.78 is 8.14. The first kappa shape index (κ1) is 24.8. The number of amides is 1. The molecular weight excluding hydrogens is 508 g/mol. The number of rotatable bonds is 7. The molecule has 6 rings (SSSR count). The van der Waals surface area contributed by atoms with Crippen molar-refractivity contribution >= 4 is 50.7 Å². The molecule has 1 N–H and O–H groups in total. The van der Waals surface area contributed by atoms with Crippen LogP contribution in [0.15, 0.2) is 88.9 Å². The van der Waals surface area contributed by atoms with Gasteiger partial charge in [-0.1, -0.05) is 24.3 Å². The zero-order chi connectivity index (χ0) is 26.9. The largest absolute Gasteiger partial charge is 0.494 e. The third-order valence-corrected chi connectivity index (χ3v) is 7.73. The lowest BCUT2D eigenvalue weighted by molar-refractivity contribution is -0.114. The van der Waals surface area contributed by atoms with Gasteiger partial charge in [0.2, 0.25) is 5.17 Å². The molecule has 2 aromatic carbocycles. The van der Waals surface area contributed by atoms with E-state index in [1.54, 1.807) is 18.5 Å². The number of aryl methyl sites for hydroxylation is 3. The number of carbonyl (C=O) groups is 1. The maximum absolute atomic E-state index is 13.0. The van der Waals surface area contributed by atoms with E-state index in [4.69, 9.17) is 10.1 Å². The van der Waals surface area contributed by atoms with Gasteiger partial charge in [-0.15, -0.1) is 0 Å². The van der Waals surface area contributed by atoms with Gasteiger partial charge in [0.05, 0.1) is 12.2 Å². The van der Waals surface area contributed by atoms with E-state index >= 15 is 0 Å². The molecule has 0 saturated carbocycles. The lowest BCUT2D eigenvalue weighted by Crippen LogP contribution is -2.35. The molecule has 9 heteroatoms. The molecule has 4 heterocycles. The Morgan fingerprint density at radius 2 is 1.95 bits per heavy atom. The number of fused-ring (bicyclic) bond motifs is 2. The molecule has 4 aromatic rings. The maximum Gasteiger partial charge on any atom is 0.283 e. The smallest absolute Gasteiger partial charge is 0.283 e. The van der Waals surface area contributed by atoms with E-state index < -0.39 is 5.91 Å². The number of ether oxygens (including phenoxy) is 1. The first-order valence-electron chi connectivity index (χ1n) is 12.7. The number of hydrogen-bond acceptors (Lipinski definition) is 6. The van der Waals surface area contributed by atoms with Crippen molar-refractivity contribution in [3.63, 3.8) is 0 Å². The van der Waals surface area contributed by atoms with Gasteiger partial charge in [0.1, 0.15) is 10.8 Å². The molecule has 0 unspecified atom stereocenters. The molecule has 2 aliphatic heterocycles. The van der Waals surface area contributed by atoms with Gasteiger partial charge in [-0.05, 0) is 79.6 Å². The molecule has 8 nitrogen and oxygen atoms in total. The highest BCUT2D eigenvalue weighted by Gasteiger charge is 2.36. The standard InChI is InChI=1S/C30H26N6O2S/c1-19-10-11-23(15-20(19)2)38-14-6-13-35-18-22(24-8-3-4-9-26(24)35)16-25-27(31)36-30(33-28(25)37)39-29(34-36)21-7-5-12-32-17-21/h3-5,7-12,15-18,31H,6,13-14H2,1-2H3/b25-16-,31-27?. The Labute approximate surface area is 230 Å². The Kier molecular flexibility index (Phi) is 6.58. The van der Waals surface area contributed by atoms with Crippen LogP contribution in [0.1, 0.15) is 28.7 Å². The Bertz CT molecular complexity index is 1700. The van der Waals surface area contributed by atoms with Crippen LogP contribution in [0, 0.1) is 19.3 Å². The summed E-state index contributed by atoms with van der Waals surface area (Å²) in [5.41, 5.74) is 5.40. The van der Waals surface area contributed by atoms with Gasteiger partial charge in [-0.3, -0.25) is 15.2 Å². The van der Waals surface area contributed by atoms with E-state index in [0.717, 1.165) is 40.7 Å². The monoisotopic (exact) mass is 534 g/mol. The van der Waals surface area contributed by atoms with Gasteiger partial charge < -0.3 is 9.30 Å². The van der Waals surface area contributed by atoms with Crippen LogP contribution in [0.3, 0.4) is 0 Å². The number of para-hydroxylation sites is 1. The second-order valence-corrected chi connectivity index (χ2v) is 10.4. The molecule has 0 fully saturated rings. The Morgan fingerprint density at radius 1 is 1.08 bits per heavy atom. The van der Waals surface area contributed by atoms with Crippen LogP contribution in [-0.2, 0) is 11.3 Å². The number of benzene rings is 2. The molecule has 39 heavy (non-hydrogen) atoms. The van der Waals surface area contributed by atoms with E-state index in [-0.39, 0.29) is 11.4 Å². The molecule has 1 amide bonds. The summed E-state index contributed by atoms with van der Waals surface area (Å²) in [5, 5.41) is 16.8. The van der Waals surface area contributed by atoms with Crippen molar-refractivity contribution in [2.45, 2.75) is 26.8 Å². The van der Waals surface area contributed by atoms with E-state index in [2.05, 4.69) is 51.7 Å². The molecule has 0 saturated heterocycles. The minimum Gasteiger partial charge on any atom is -0.494 e. The van der Waals surface area contributed by atoms with Crippen molar-refractivity contribution in [1.82, 2.24) is 14.6 Å². The number of aromatic nitrogens is 2. The van der Waals surface area contributed by atoms with E-state index in [1.165, 1.54) is 27.9 Å². The first-order chi connectivity index (χ1) is 19.0. The summed E-state index contributed by atoms with van der Waals surface area (Å²) in [5.74, 6) is 0.444. The first-order valence-corrected chi connectivity index (χ1v) is 13.5. The predicted molar refractivity (Wildman–Crippen MR) is 156 cm³/mol. The van der Waals surface area contributed by atoms with Crippen molar-refractivity contribution in [2.24, 2.45) is 10.1 Å². The second kappa shape index (κ2) is 10.3. The number of aliphatic imine (C=N–C) groups is 1. The molecule has 194 valence electrons. The fourth-order valence-electron chi connectivity index (χ4n) is 4.56. The van der Waals surface area contributed by atoms with Gasteiger partial charge in [0.15, 0.2) is 5.84 Å². The Balaban J connectivity index is 1.22. The summed E-state index contributed by atoms with van der Waals surface area (Å²) >= 11 is 1.26. The molecule has 0 aliphatic carbocycles. The average molecular weight is 535 g/mol. The quantitative estimate of drug-likeness (QED) is 0.239. The highest BCUT2D eigenvalue weighted by molar-refractivity contribution is 8.27. The van der Waals surface area contributed by atoms with Gasteiger partial charge in [-0.25, -0.2) is 0 Å². The molecule has 0 bridgehead atoms. The van der Waals surface area contributed by atoms with Crippen molar-refractivity contribution < 1.29 is 9.53 Å². The van der Waals surface area contributed by atoms with Crippen molar-refractivity contribution in [3.8, 4) is 5.75 Å². The van der Waals surface area contributed by atoms with Crippen LogP contribution in [0.4, 0.5) is 0 Å². The molecule has 0 spiro atoms. The predicted octanol–water partition coefficient (Wildman–Crippen LogP) is 5.79. The normalized spacial score (nSPS) is 16.1. The van der Waals surface area contributed by atoms with Crippen LogP contribution in [-0.4, -0.2) is 43.1 Å². The van der Waals surface area contributed by atoms with Crippen molar-refractivity contribution in [2.75, 3.05) is 6.61 Å². The van der Waals surface area contributed by atoms with E-state index in [9.17, 15) is 4.79 Å². The van der Waals surface area contributed by atoms with E-state index in [1.807, 2.05) is 42.6 Å². The molecule has 2 aromatic heterocycles. The number of amidine groups is 2. The number of carbonyl (C=O) groups excluding carboxylic acids is 1. The SMILES string of the molecule is Cc1ccc(OCCCn2cc(/C=C3/C(=N)N4N=C(c5cccnc5)SC4=NC3=O)c3ccccc32)cc1C. The van der Waals surface area contributed by atoms with Gasteiger partial charge in [-0.2, -0.15) is 15.1 Å². The minimum absolute atomic E-state index is 0.00927. The average Bonchev–Trinajstić information content (AvgIpc) is 3.53. The van der Waals surface area contributed by atoms with Crippen LogP contribution in [0.25, 0.3) is 17.0 Å². The number of nitrogens with one attached hydrogen (secondary N) is 1. The maximum atomic E-state index is 13.0. The Morgan fingerprint density at radius 3 is 2.77 bits per heavy atom. The molecular formula is C30H26N6O2S. The number of nitrogens with zero attached hydrogens (tertiary/aromatic N) is 5. The lowest BCUT2D eigenvalue weighted by atomic mass is 10.1. The highest BCUT2D eigenvalue weighted by Crippen LogP contribution is 2.32. The molecule has 0 atom stereocenters.